The smallest absolute Gasteiger partial charge is 0.238 e. The van der Waals surface area contributed by atoms with E-state index in [4.69, 9.17) is 24.9 Å². The number of hydrogen-bond acceptors (Lipinski definition) is 4. The maximum Gasteiger partial charge on any atom is 0.238 e. The first-order valence-corrected chi connectivity index (χ1v) is 18.3. The molecule has 0 atom stereocenters. The van der Waals surface area contributed by atoms with Crippen molar-refractivity contribution in [2.24, 2.45) is 0 Å². The summed E-state index contributed by atoms with van der Waals surface area (Å²) in [6, 6.07) is 34.5. The van der Waals surface area contributed by atoms with E-state index < -0.39 is 60.4 Å². The average molecular weight is 740 g/mol. The van der Waals surface area contributed by atoms with Crippen molar-refractivity contribution in [1.29, 1.82) is 0 Å². The Bertz CT molecular complexity index is 4040. The van der Waals surface area contributed by atoms with Gasteiger partial charge in [-0.2, -0.15) is 9.97 Å². The van der Waals surface area contributed by atoms with Crippen molar-refractivity contribution in [3.63, 3.8) is 0 Å². The van der Waals surface area contributed by atoms with E-state index in [2.05, 4.69) is 0 Å². The van der Waals surface area contributed by atoms with Crippen molar-refractivity contribution in [3.05, 3.63) is 188 Å². The van der Waals surface area contributed by atoms with Crippen LogP contribution in [0.5, 0.6) is 0 Å². The van der Waals surface area contributed by atoms with Crippen LogP contribution in [0.3, 0.4) is 0 Å². The lowest BCUT2D eigenvalue weighted by Gasteiger charge is -2.14. The number of fused-ring (bicyclic) bond motifs is 10. The van der Waals surface area contributed by atoms with Crippen molar-refractivity contribution in [2.75, 3.05) is 0 Å². The molecular weight excluding hydrogens is 699 g/mol. The van der Waals surface area contributed by atoms with Crippen molar-refractivity contribution < 1.29 is 18.1 Å². The second kappa shape index (κ2) is 12.3. The van der Waals surface area contributed by atoms with Gasteiger partial charge in [-0.1, -0.05) is 158 Å². The van der Waals surface area contributed by atoms with Gasteiger partial charge in [0.05, 0.1) is 41.5 Å². The molecule has 0 bridgehead atoms. The zero-order chi connectivity index (χ0) is 46.2. The molecule has 6 heteroatoms. The Morgan fingerprint density at radius 3 is 1.60 bits per heavy atom. The molecule has 12 aromatic rings. The number of nitrogens with zero attached hydrogens (tertiary/aromatic N) is 5. The first-order chi connectivity index (χ1) is 32.4. The van der Waals surface area contributed by atoms with Crippen LogP contribution in [0, 0.1) is 0 Å². The molecule has 0 N–H and O–H groups in total. The standard InChI is InChI=1S/C51H31N5O/c1-4-16-32(17-5-1)41-30-35(31-45-46(41)40-24-12-15-27-44(40)57-45)55-42-25-13-10-22-36(42)38-28-29-39-37-23-11-14-26-43(37)56(48(39)47(38)55)51-53-49(33-18-6-2-7-19-33)52-50(54-51)34-20-8-3-9-21-34/h1-31H/i10D,11D,13D,14D,22D,23D,25D,26D,28D,29D. The van der Waals surface area contributed by atoms with Crippen LogP contribution in [0.25, 0.3) is 111 Å². The van der Waals surface area contributed by atoms with Crippen molar-refractivity contribution in [2.45, 2.75) is 0 Å². The Morgan fingerprint density at radius 2 is 0.965 bits per heavy atom. The van der Waals surface area contributed by atoms with E-state index in [9.17, 15) is 8.22 Å². The van der Waals surface area contributed by atoms with Crippen LogP contribution in [0.2, 0.25) is 0 Å². The zero-order valence-corrected chi connectivity index (χ0v) is 29.8. The van der Waals surface area contributed by atoms with Crippen molar-refractivity contribution in [3.8, 4) is 45.5 Å². The molecule has 8 aromatic carbocycles. The third kappa shape index (κ3) is 4.81. The van der Waals surface area contributed by atoms with Crippen LogP contribution in [0.4, 0.5) is 0 Å². The van der Waals surface area contributed by atoms with E-state index in [0.29, 0.717) is 28.0 Å². The van der Waals surface area contributed by atoms with E-state index in [1.165, 1.54) is 4.57 Å². The molecule has 0 aliphatic rings. The summed E-state index contributed by atoms with van der Waals surface area (Å²) in [5, 5.41) is 1.51. The van der Waals surface area contributed by atoms with E-state index in [0.717, 1.165) is 21.9 Å². The van der Waals surface area contributed by atoms with Crippen LogP contribution in [0.15, 0.2) is 192 Å². The number of benzene rings is 8. The third-order valence-electron chi connectivity index (χ3n) is 10.4. The topological polar surface area (TPSA) is 61.7 Å². The summed E-state index contributed by atoms with van der Waals surface area (Å²) < 4.78 is 103. The number of aromatic nitrogens is 5. The summed E-state index contributed by atoms with van der Waals surface area (Å²) in [6.07, 6.45) is 0. The summed E-state index contributed by atoms with van der Waals surface area (Å²) in [5.74, 6) is 0.399. The van der Waals surface area contributed by atoms with Crippen molar-refractivity contribution in [1.82, 2.24) is 24.1 Å². The van der Waals surface area contributed by atoms with E-state index >= 15 is 0 Å². The largest absolute Gasteiger partial charge is 0.456 e. The highest BCUT2D eigenvalue weighted by molar-refractivity contribution is 6.24. The van der Waals surface area contributed by atoms with Gasteiger partial charge in [0.25, 0.3) is 0 Å². The number of furan rings is 1. The van der Waals surface area contributed by atoms with E-state index in [1.807, 2.05) is 121 Å². The summed E-state index contributed by atoms with van der Waals surface area (Å²) in [7, 11) is 0. The van der Waals surface area contributed by atoms with Gasteiger partial charge in [-0.25, -0.2) is 4.98 Å². The van der Waals surface area contributed by atoms with Gasteiger partial charge in [-0.05, 0) is 35.3 Å². The maximum atomic E-state index is 9.79. The van der Waals surface area contributed by atoms with Gasteiger partial charge in [0.2, 0.25) is 5.95 Å². The summed E-state index contributed by atoms with van der Waals surface area (Å²) >= 11 is 0. The van der Waals surface area contributed by atoms with E-state index in [1.54, 1.807) is 10.6 Å². The van der Waals surface area contributed by atoms with Crippen LogP contribution in [-0.4, -0.2) is 24.1 Å². The molecule has 4 heterocycles. The maximum absolute atomic E-state index is 9.79. The van der Waals surface area contributed by atoms with Crippen molar-refractivity contribution >= 4 is 65.6 Å². The molecule has 0 radical (unpaired) electrons. The first-order valence-electron chi connectivity index (χ1n) is 23.3. The predicted octanol–water partition coefficient (Wildman–Crippen LogP) is 13.0. The average Bonchev–Trinajstić information content (AvgIpc) is 4.05. The molecule has 6 nitrogen and oxygen atoms in total. The number of hydrogen-bond donors (Lipinski definition) is 0. The summed E-state index contributed by atoms with van der Waals surface area (Å²) in [6.45, 7) is 0. The van der Waals surface area contributed by atoms with Gasteiger partial charge in [-0.15, -0.1) is 0 Å². The van der Waals surface area contributed by atoms with E-state index in [-0.39, 0.29) is 61.2 Å². The molecule has 0 saturated carbocycles. The lowest BCUT2D eigenvalue weighted by Crippen LogP contribution is -2.07. The molecular formula is C51H31N5O. The third-order valence-corrected chi connectivity index (χ3v) is 10.4. The minimum absolute atomic E-state index is 0.00201. The molecule has 0 saturated heterocycles. The lowest BCUT2D eigenvalue weighted by atomic mass is 9.98. The molecule has 57 heavy (non-hydrogen) atoms. The predicted molar refractivity (Wildman–Crippen MR) is 232 cm³/mol. The highest BCUT2D eigenvalue weighted by Crippen LogP contribution is 2.44. The number of para-hydroxylation sites is 3. The Labute approximate surface area is 340 Å². The highest BCUT2D eigenvalue weighted by atomic mass is 16.3. The molecule has 4 aromatic heterocycles. The highest BCUT2D eigenvalue weighted by Gasteiger charge is 2.24. The van der Waals surface area contributed by atoms with Crippen LogP contribution < -0.4 is 0 Å². The fourth-order valence-corrected chi connectivity index (χ4v) is 7.98. The fraction of sp³-hybridized carbons (Fsp3) is 0. The second-order valence-electron chi connectivity index (χ2n) is 13.7. The summed E-state index contributed by atoms with van der Waals surface area (Å²) in [4.78, 5) is 14.9. The lowest BCUT2D eigenvalue weighted by molar-refractivity contribution is 0.668. The van der Waals surface area contributed by atoms with Crippen LogP contribution in [0.1, 0.15) is 13.7 Å². The van der Waals surface area contributed by atoms with Gasteiger partial charge in [-0.3, -0.25) is 4.57 Å². The second-order valence-corrected chi connectivity index (χ2v) is 13.7. The normalized spacial score (nSPS) is 14.3. The van der Waals surface area contributed by atoms with Crippen LogP contribution in [-0.2, 0) is 0 Å². The molecule has 266 valence electrons. The Morgan fingerprint density at radius 1 is 0.439 bits per heavy atom. The molecule has 12 rings (SSSR count). The van der Waals surface area contributed by atoms with Gasteiger partial charge in [0.1, 0.15) is 11.2 Å². The Balaban J connectivity index is 1.37. The van der Waals surface area contributed by atoms with Gasteiger partial charge >= 0.3 is 0 Å². The monoisotopic (exact) mass is 739 g/mol. The zero-order valence-electron chi connectivity index (χ0n) is 39.8. The molecule has 0 unspecified atom stereocenters. The summed E-state index contributed by atoms with van der Waals surface area (Å²) in [5.41, 5.74) is 4.36. The Hall–Kier alpha value is -7.83. The van der Waals surface area contributed by atoms with Crippen LogP contribution >= 0.6 is 0 Å². The fourth-order valence-electron chi connectivity index (χ4n) is 7.98. The SMILES string of the molecule is [2H]c1c([2H])c([2H])c2c(c1[2H])c1c([2H])c([2H])c3c4c([2H])c([2H])c([2H])c([2H])c4n(-c4nc(-c5ccccc5)nc(-c5ccccc5)n4)c3c1n2-c1cc(-c2ccccc2)c2c(c1)oc1ccccc12. The van der Waals surface area contributed by atoms with Gasteiger partial charge in [0.15, 0.2) is 11.6 Å². The minimum Gasteiger partial charge on any atom is -0.456 e. The van der Waals surface area contributed by atoms with Gasteiger partial charge < -0.3 is 8.98 Å². The molecule has 0 fully saturated rings. The minimum atomic E-state index is -0.559. The van der Waals surface area contributed by atoms with Gasteiger partial charge in [0, 0.05) is 49.5 Å². The molecule has 0 spiro atoms. The first kappa shape index (κ1) is 23.2. The molecule has 0 aliphatic heterocycles. The molecule has 0 aliphatic carbocycles. The Kier molecular flexibility index (Phi) is 5.02. The molecule has 0 amide bonds. The quantitative estimate of drug-likeness (QED) is 0.176. The number of rotatable bonds is 5.